The Hall–Kier alpha value is -1.46. The Morgan fingerprint density at radius 2 is 2.25 bits per heavy atom. The number of carbonyl (C=O) groups excluding carboxylic acids is 1. The predicted octanol–water partition coefficient (Wildman–Crippen LogP) is 1.19. The zero-order valence-electron chi connectivity index (χ0n) is 11.8. The summed E-state index contributed by atoms with van der Waals surface area (Å²) in [6, 6.07) is 6.85. The molecule has 2 atom stereocenters. The third kappa shape index (κ3) is 2.99. The van der Waals surface area contributed by atoms with Crippen LogP contribution < -0.4 is 5.32 Å². The number of nitrogens with one attached hydrogen (secondary N) is 1. The molecule has 1 N–H and O–H groups in total. The van der Waals surface area contributed by atoms with Crippen LogP contribution in [-0.4, -0.2) is 48.1 Å². The van der Waals surface area contributed by atoms with Crippen molar-refractivity contribution < 1.29 is 9.53 Å². The monoisotopic (exact) mass is 275 g/mol. The Balaban J connectivity index is 1.66. The van der Waals surface area contributed by atoms with Crippen molar-refractivity contribution in [3.63, 3.8) is 0 Å². The maximum absolute atomic E-state index is 11.5. The van der Waals surface area contributed by atoms with Gasteiger partial charge in [-0.15, -0.1) is 0 Å². The number of rotatable bonds is 3. The summed E-state index contributed by atoms with van der Waals surface area (Å²) in [6.07, 6.45) is 3.79. The average Bonchev–Trinajstić information content (AvgIpc) is 2.81. The van der Waals surface area contributed by atoms with Gasteiger partial charge in [0.15, 0.2) is 0 Å². The van der Waals surface area contributed by atoms with Crippen LogP contribution in [0.2, 0.25) is 0 Å². The molecular weight excluding hydrogens is 254 g/mol. The van der Waals surface area contributed by atoms with Crippen molar-refractivity contribution >= 4 is 5.97 Å². The number of fused-ring (bicyclic) bond motifs is 2. The highest BCUT2D eigenvalue weighted by atomic mass is 16.5. The van der Waals surface area contributed by atoms with E-state index in [-0.39, 0.29) is 5.97 Å². The minimum Gasteiger partial charge on any atom is -0.464 e. The first-order valence-electron chi connectivity index (χ1n) is 7.27. The summed E-state index contributed by atoms with van der Waals surface area (Å²) in [5, 5.41) is 3.67. The molecule has 0 amide bonds. The van der Waals surface area contributed by atoms with E-state index in [1.165, 1.54) is 26.4 Å². The van der Waals surface area contributed by atoms with Crippen LogP contribution in [0.4, 0.5) is 0 Å². The summed E-state index contributed by atoms with van der Waals surface area (Å²) >= 11 is 0. The van der Waals surface area contributed by atoms with Crippen molar-refractivity contribution in [2.24, 2.45) is 0 Å². The van der Waals surface area contributed by atoms with Crippen molar-refractivity contribution in [3.05, 3.63) is 29.6 Å². The molecule has 2 saturated heterocycles. The van der Waals surface area contributed by atoms with Crippen LogP contribution in [-0.2, 0) is 11.3 Å². The van der Waals surface area contributed by atoms with Gasteiger partial charge in [0, 0.05) is 31.7 Å². The highest BCUT2D eigenvalue weighted by Gasteiger charge is 2.29. The van der Waals surface area contributed by atoms with Gasteiger partial charge >= 0.3 is 5.97 Å². The maximum atomic E-state index is 11.5. The second-order valence-corrected chi connectivity index (χ2v) is 5.67. The second kappa shape index (κ2) is 5.89. The van der Waals surface area contributed by atoms with Gasteiger partial charge in [0.05, 0.1) is 12.8 Å². The van der Waals surface area contributed by atoms with Crippen LogP contribution >= 0.6 is 0 Å². The molecule has 0 saturated carbocycles. The van der Waals surface area contributed by atoms with E-state index in [0.29, 0.717) is 17.8 Å². The number of carbonyl (C=O) groups is 1. The van der Waals surface area contributed by atoms with Crippen molar-refractivity contribution in [1.29, 1.82) is 0 Å². The molecular formula is C15H21N3O2. The summed E-state index contributed by atoms with van der Waals surface area (Å²) < 4.78 is 4.72. The van der Waals surface area contributed by atoms with Crippen molar-refractivity contribution in [1.82, 2.24) is 15.2 Å². The molecule has 3 rings (SSSR count). The number of likely N-dealkylation sites (tertiary alicyclic amines) is 1. The number of pyridine rings is 1. The van der Waals surface area contributed by atoms with Gasteiger partial charge in [-0.1, -0.05) is 6.07 Å². The van der Waals surface area contributed by atoms with E-state index < -0.39 is 0 Å². The van der Waals surface area contributed by atoms with Crippen LogP contribution in [0.15, 0.2) is 18.2 Å². The highest BCUT2D eigenvalue weighted by molar-refractivity contribution is 5.87. The molecule has 5 heteroatoms. The topological polar surface area (TPSA) is 54.5 Å². The minimum absolute atomic E-state index is 0.372. The van der Waals surface area contributed by atoms with Crippen LogP contribution in [0.1, 0.15) is 35.4 Å². The van der Waals surface area contributed by atoms with E-state index in [0.717, 1.165) is 25.3 Å². The normalized spacial score (nSPS) is 26.2. The van der Waals surface area contributed by atoms with Crippen molar-refractivity contribution in [2.75, 3.05) is 20.2 Å². The predicted molar refractivity (Wildman–Crippen MR) is 75.4 cm³/mol. The number of nitrogens with zero attached hydrogens (tertiary/aromatic N) is 2. The molecule has 2 aliphatic rings. The van der Waals surface area contributed by atoms with Crippen molar-refractivity contribution in [3.8, 4) is 0 Å². The van der Waals surface area contributed by atoms with Crippen LogP contribution in [0.25, 0.3) is 0 Å². The molecule has 2 aliphatic heterocycles. The lowest BCUT2D eigenvalue weighted by molar-refractivity contribution is 0.0593. The Morgan fingerprint density at radius 1 is 1.40 bits per heavy atom. The Kier molecular flexibility index (Phi) is 3.98. The first-order valence-corrected chi connectivity index (χ1v) is 7.27. The highest BCUT2D eigenvalue weighted by Crippen LogP contribution is 2.21. The Bertz CT molecular complexity index is 492. The van der Waals surface area contributed by atoms with E-state index in [2.05, 4.69) is 15.2 Å². The van der Waals surface area contributed by atoms with E-state index in [1.807, 2.05) is 12.1 Å². The number of methoxy groups -OCH3 is 1. The summed E-state index contributed by atoms with van der Waals surface area (Å²) in [6.45, 7) is 2.97. The van der Waals surface area contributed by atoms with Gasteiger partial charge in [0.25, 0.3) is 0 Å². The Morgan fingerprint density at radius 3 is 3.10 bits per heavy atom. The molecule has 5 nitrogen and oxygen atoms in total. The smallest absolute Gasteiger partial charge is 0.356 e. The van der Waals surface area contributed by atoms with Gasteiger partial charge in [0.2, 0.25) is 0 Å². The average molecular weight is 275 g/mol. The second-order valence-electron chi connectivity index (χ2n) is 5.67. The van der Waals surface area contributed by atoms with Gasteiger partial charge in [-0.2, -0.15) is 0 Å². The van der Waals surface area contributed by atoms with E-state index in [4.69, 9.17) is 4.74 Å². The fraction of sp³-hybridized carbons (Fsp3) is 0.600. The fourth-order valence-corrected chi connectivity index (χ4v) is 3.17. The molecule has 0 spiro atoms. The summed E-state index contributed by atoms with van der Waals surface area (Å²) in [5.41, 5.74) is 1.32. The molecule has 2 unspecified atom stereocenters. The first kappa shape index (κ1) is 13.5. The molecule has 2 fully saturated rings. The number of ether oxygens (including phenoxy) is 1. The number of hydrogen-bond acceptors (Lipinski definition) is 5. The molecule has 0 aromatic carbocycles. The minimum atomic E-state index is -0.372. The standard InChI is InChI=1S/C15H21N3O2/c1-20-15(19)14-4-2-3-12(17-14)9-18-8-7-11-5-6-13(10-18)16-11/h2-4,11,13,16H,5-10H2,1H3. The van der Waals surface area contributed by atoms with E-state index in [1.54, 1.807) is 6.07 Å². The number of hydrogen-bond donors (Lipinski definition) is 1. The summed E-state index contributed by atoms with van der Waals surface area (Å²) in [4.78, 5) is 18.3. The molecule has 0 radical (unpaired) electrons. The number of esters is 1. The lowest BCUT2D eigenvalue weighted by Crippen LogP contribution is -2.35. The largest absolute Gasteiger partial charge is 0.464 e. The van der Waals surface area contributed by atoms with Gasteiger partial charge in [-0.25, -0.2) is 9.78 Å². The molecule has 20 heavy (non-hydrogen) atoms. The van der Waals surface area contributed by atoms with Gasteiger partial charge in [-0.3, -0.25) is 4.90 Å². The zero-order valence-corrected chi connectivity index (χ0v) is 11.8. The molecule has 1 aromatic rings. The SMILES string of the molecule is COC(=O)c1cccc(CN2CCC3CCC(C2)N3)n1. The van der Waals surface area contributed by atoms with E-state index in [9.17, 15) is 4.79 Å². The molecule has 108 valence electrons. The zero-order chi connectivity index (χ0) is 13.9. The molecule has 0 aliphatic carbocycles. The van der Waals surface area contributed by atoms with Gasteiger partial charge in [-0.05, 0) is 31.4 Å². The van der Waals surface area contributed by atoms with Crippen LogP contribution in [0.3, 0.4) is 0 Å². The summed E-state index contributed by atoms with van der Waals surface area (Å²) in [5.74, 6) is -0.372. The van der Waals surface area contributed by atoms with Gasteiger partial charge in [0.1, 0.15) is 5.69 Å². The lowest BCUT2D eigenvalue weighted by Gasteiger charge is -2.23. The lowest BCUT2D eigenvalue weighted by atomic mass is 10.1. The van der Waals surface area contributed by atoms with Crippen LogP contribution in [0, 0.1) is 0 Å². The fourth-order valence-electron chi connectivity index (χ4n) is 3.17. The maximum Gasteiger partial charge on any atom is 0.356 e. The van der Waals surface area contributed by atoms with E-state index >= 15 is 0 Å². The first-order chi connectivity index (χ1) is 9.74. The molecule has 3 heterocycles. The molecule has 1 aromatic heterocycles. The van der Waals surface area contributed by atoms with Crippen molar-refractivity contribution in [2.45, 2.75) is 37.9 Å². The Labute approximate surface area is 119 Å². The third-order valence-electron chi connectivity index (χ3n) is 4.19. The van der Waals surface area contributed by atoms with Crippen LogP contribution in [0.5, 0.6) is 0 Å². The van der Waals surface area contributed by atoms with Gasteiger partial charge < -0.3 is 10.1 Å². The number of aromatic nitrogens is 1. The quantitative estimate of drug-likeness (QED) is 0.840. The summed E-state index contributed by atoms with van der Waals surface area (Å²) in [7, 11) is 1.38. The molecule has 2 bridgehead atoms. The third-order valence-corrected chi connectivity index (χ3v) is 4.19.